The summed E-state index contributed by atoms with van der Waals surface area (Å²) in [5.41, 5.74) is 6.60. The summed E-state index contributed by atoms with van der Waals surface area (Å²) in [7, 11) is 0. The van der Waals surface area contributed by atoms with E-state index in [1.807, 2.05) is 0 Å². The van der Waals surface area contributed by atoms with Gasteiger partial charge in [-0.1, -0.05) is 44.2 Å². The maximum atomic E-state index is 5.37. The summed E-state index contributed by atoms with van der Waals surface area (Å²) < 4.78 is 5.37. The van der Waals surface area contributed by atoms with Gasteiger partial charge in [-0.05, 0) is 47.2 Å². The Balaban J connectivity index is 1.99. The second-order valence-electron chi connectivity index (χ2n) is 5.84. The Morgan fingerprint density at radius 2 is 1.73 bits per heavy atom. The number of fused-ring (bicyclic) bond motifs is 3. The van der Waals surface area contributed by atoms with E-state index in [4.69, 9.17) is 4.42 Å². The van der Waals surface area contributed by atoms with E-state index in [0.717, 1.165) is 18.4 Å². The summed E-state index contributed by atoms with van der Waals surface area (Å²) >= 11 is 0. The molecule has 3 aromatic rings. The molecule has 0 atom stereocenters. The van der Waals surface area contributed by atoms with Gasteiger partial charge in [0, 0.05) is 11.0 Å². The van der Waals surface area contributed by atoms with Gasteiger partial charge < -0.3 is 4.42 Å². The van der Waals surface area contributed by atoms with E-state index in [1.54, 1.807) is 0 Å². The molecule has 0 fully saturated rings. The van der Waals surface area contributed by atoms with Gasteiger partial charge in [-0.3, -0.25) is 0 Å². The number of aromatic nitrogens is 2. The van der Waals surface area contributed by atoms with Crippen LogP contribution in [0.3, 0.4) is 0 Å². The molecule has 0 aliphatic heterocycles. The summed E-state index contributed by atoms with van der Waals surface area (Å²) in [4.78, 5) is 0. The maximum Gasteiger partial charge on any atom is 0.247 e. The highest BCUT2D eigenvalue weighted by molar-refractivity contribution is 5.83. The fourth-order valence-corrected chi connectivity index (χ4v) is 3.90. The van der Waals surface area contributed by atoms with E-state index in [1.165, 1.54) is 28.6 Å². The fraction of sp³-hybridized carbons (Fsp3) is 0.263. The lowest BCUT2D eigenvalue weighted by Crippen LogP contribution is -2.23. The summed E-state index contributed by atoms with van der Waals surface area (Å²) in [6.07, 6.45) is 3.55. The molecule has 0 N–H and O–H groups in total. The number of benzene rings is 2. The third-order valence-electron chi connectivity index (χ3n) is 5.08. The van der Waals surface area contributed by atoms with Crippen LogP contribution in [0, 0.1) is 0 Å². The van der Waals surface area contributed by atoms with Crippen LogP contribution < -0.4 is 0 Å². The molecule has 1 aromatic heterocycles. The SMILES string of the molecule is CCC1(CC)c2ccccc2-c2ccc(-c3nnco3)cc21. The van der Waals surface area contributed by atoms with Crippen LogP contribution in [0.5, 0.6) is 0 Å². The smallest absolute Gasteiger partial charge is 0.247 e. The highest BCUT2D eigenvalue weighted by Gasteiger charge is 2.40. The van der Waals surface area contributed by atoms with Gasteiger partial charge >= 0.3 is 0 Å². The highest BCUT2D eigenvalue weighted by atomic mass is 16.4. The molecule has 0 unspecified atom stereocenters. The summed E-state index contributed by atoms with van der Waals surface area (Å²) in [6, 6.07) is 15.3. The van der Waals surface area contributed by atoms with Crippen molar-refractivity contribution in [1.82, 2.24) is 10.2 Å². The van der Waals surface area contributed by atoms with E-state index in [-0.39, 0.29) is 5.41 Å². The molecule has 2 aromatic carbocycles. The molecule has 3 nitrogen and oxygen atoms in total. The van der Waals surface area contributed by atoms with Crippen LogP contribution in [0.15, 0.2) is 53.3 Å². The lowest BCUT2D eigenvalue weighted by atomic mass is 9.73. The van der Waals surface area contributed by atoms with Gasteiger partial charge in [-0.15, -0.1) is 10.2 Å². The van der Waals surface area contributed by atoms with Crippen molar-refractivity contribution in [2.45, 2.75) is 32.1 Å². The second kappa shape index (κ2) is 4.80. The minimum Gasteiger partial charge on any atom is -0.423 e. The normalized spacial score (nSPS) is 14.6. The molecular weight excluding hydrogens is 272 g/mol. The molecule has 0 radical (unpaired) electrons. The third kappa shape index (κ3) is 1.62. The average molecular weight is 290 g/mol. The van der Waals surface area contributed by atoms with E-state index < -0.39 is 0 Å². The Labute approximate surface area is 130 Å². The summed E-state index contributed by atoms with van der Waals surface area (Å²) in [5.74, 6) is 0.583. The predicted octanol–water partition coefficient (Wildman–Crippen LogP) is 4.82. The summed E-state index contributed by atoms with van der Waals surface area (Å²) in [5, 5.41) is 7.84. The highest BCUT2D eigenvalue weighted by Crippen LogP contribution is 2.53. The third-order valence-corrected chi connectivity index (χ3v) is 5.08. The van der Waals surface area contributed by atoms with Crippen LogP contribution in [-0.4, -0.2) is 10.2 Å². The first-order valence-electron chi connectivity index (χ1n) is 7.81. The van der Waals surface area contributed by atoms with Crippen molar-refractivity contribution in [2.24, 2.45) is 0 Å². The van der Waals surface area contributed by atoms with Gasteiger partial charge in [-0.2, -0.15) is 0 Å². The monoisotopic (exact) mass is 290 g/mol. The Hall–Kier alpha value is -2.42. The molecular formula is C19H18N2O. The van der Waals surface area contributed by atoms with Crippen LogP contribution in [0.25, 0.3) is 22.6 Å². The van der Waals surface area contributed by atoms with Crippen LogP contribution in [0.2, 0.25) is 0 Å². The van der Waals surface area contributed by atoms with Crippen molar-refractivity contribution in [1.29, 1.82) is 0 Å². The minimum absolute atomic E-state index is 0.0853. The van der Waals surface area contributed by atoms with Crippen LogP contribution in [0.1, 0.15) is 37.8 Å². The maximum absolute atomic E-state index is 5.37. The molecule has 0 saturated carbocycles. The zero-order valence-corrected chi connectivity index (χ0v) is 12.8. The Morgan fingerprint density at radius 3 is 2.45 bits per heavy atom. The van der Waals surface area contributed by atoms with Gasteiger partial charge in [0.05, 0.1) is 0 Å². The Bertz CT molecular complexity index is 817. The first kappa shape index (κ1) is 13.3. The van der Waals surface area contributed by atoms with E-state index in [0.29, 0.717) is 5.89 Å². The van der Waals surface area contributed by atoms with E-state index >= 15 is 0 Å². The topological polar surface area (TPSA) is 38.9 Å². The van der Waals surface area contributed by atoms with Crippen molar-refractivity contribution in [2.75, 3.05) is 0 Å². The number of rotatable bonds is 3. The van der Waals surface area contributed by atoms with Crippen molar-refractivity contribution in [3.63, 3.8) is 0 Å². The van der Waals surface area contributed by atoms with E-state index in [9.17, 15) is 0 Å². The quantitative estimate of drug-likeness (QED) is 0.694. The zero-order chi connectivity index (χ0) is 15.2. The Kier molecular flexibility index (Phi) is 2.89. The van der Waals surface area contributed by atoms with E-state index in [2.05, 4.69) is 66.5 Å². The second-order valence-corrected chi connectivity index (χ2v) is 5.84. The minimum atomic E-state index is 0.0853. The molecule has 1 aliphatic carbocycles. The lowest BCUT2D eigenvalue weighted by Gasteiger charge is -2.29. The number of nitrogens with zero attached hydrogens (tertiary/aromatic N) is 2. The Morgan fingerprint density at radius 1 is 0.955 bits per heavy atom. The molecule has 22 heavy (non-hydrogen) atoms. The molecule has 3 heteroatoms. The van der Waals surface area contributed by atoms with Crippen LogP contribution >= 0.6 is 0 Å². The van der Waals surface area contributed by atoms with Crippen molar-refractivity contribution in [3.8, 4) is 22.6 Å². The van der Waals surface area contributed by atoms with Crippen molar-refractivity contribution < 1.29 is 4.42 Å². The predicted molar refractivity (Wildman–Crippen MR) is 86.5 cm³/mol. The van der Waals surface area contributed by atoms with Crippen molar-refractivity contribution >= 4 is 0 Å². The fourth-order valence-electron chi connectivity index (χ4n) is 3.90. The first-order chi connectivity index (χ1) is 10.8. The van der Waals surface area contributed by atoms with Gasteiger partial charge in [0.1, 0.15) is 0 Å². The molecule has 0 bridgehead atoms. The van der Waals surface area contributed by atoms with Gasteiger partial charge in [-0.25, -0.2) is 0 Å². The first-order valence-corrected chi connectivity index (χ1v) is 7.81. The molecule has 0 spiro atoms. The standard InChI is InChI=1S/C19H18N2O/c1-3-19(4-2)16-8-6-5-7-14(16)15-10-9-13(11-17(15)19)18-21-20-12-22-18/h5-12H,3-4H2,1-2H3. The van der Waals surface area contributed by atoms with Gasteiger partial charge in [0.2, 0.25) is 12.3 Å². The number of hydrogen-bond donors (Lipinski definition) is 0. The molecule has 110 valence electrons. The molecule has 0 amide bonds. The van der Waals surface area contributed by atoms with Crippen LogP contribution in [-0.2, 0) is 5.41 Å². The molecule has 4 rings (SSSR count). The van der Waals surface area contributed by atoms with Crippen LogP contribution in [0.4, 0.5) is 0 Å². The molecule has 1 heterocycles. The zero-order valence-electron chi connectivity index (χ0n) is 12.8. The van der Waals surface area contributed by atoms with Gasteiger partial charge in [0.15, 0.2) is 0 Å². The van der Waals surface area contributed by atoms with Gasteiger partial charge in [0.25, 0.3) is 0 Å². The lowest BCUT2D eigenvalue weighted by molar-refractivity contribution is 0.490. The van der Waals surface area contributed by atoms with Crippen molar-refractivity contribution in [3.05, 3.63) is 60.0 Å². The average Bonchev–Trinajstić information content (AvgIpc) is 3.20. The molecule has 0 saturated heterocycles. The largest absolute Gasteiger partial charge is 0.423 e. The molecule has 1 aliphatic rings. The summed E-state index contributed by atoms with van der Waals surface area (Å²) in [6.45, 7) is 4.55. The number of hydrogen-bond acceptors (Lipinski definition) is 3.